The van der Waals surface area contributed by atoms with Gasteiger partial charge in [-0.1, -0.05) is 24.3 Å². The standard InChI is InChI=1S/C21H30N2O3/c1-26-15-5-12-22-20(24)17-10-13-23(14-11-17)21(25)19-9-4-7-16-6-2-3-8-18(16)19/h2-3,6,8,17,19H,4-5,7,9-15H2,1H3,(H,22,24). The Hall–Kier alpha value is -1.88. The Morgan fingerprint density at radius 1 is 1.19 bits per heavy atom. The Morgan fingerprint density at radius 2 is 1.96 bits per heavy atom. The Balaban J connectivity index is 1.51. The van der Waals surface area contributed by atoms with Crippen molar-refractivity contribution in [2.24, 2.45) is 5.92 Å². The molecule has 3 rings (SSSR count). The number of piperidine rings is 1. The molecule has 5 nitrogen and oxygen atoms in total. The van der Waals surface area contributed by atoms with E-state index >= 15 is 0 Å². The van der Waals surface area contributed by atoms with E-state index < -0.39 is 0 Å². The van der Waals surface area contributed by atoms with Gasteiger partial charge in [0.15, 0.2) is 0 Å². The number of hydrogen-bond acceptors (Lipinski definition) is 3. The van der Waals surface area contributed by atoms with Gasteiger partial charge in [-0.2, -0.15) is 0 Å². The van der Waals surface area contributed by atoms with Crippen LogP contribution in [0.2, 0.25) is 0 Å². The van der Waals surface area contributed by atoms with Gasteiger partial charge in [0.2, 0.25) is 11.8 Å². The van der Waals surface area contributed by atoms with Crippen LogP contribution in [0.25, 0.3) is 0 Å². The molecule has 1 N–H and O–H groups in total. The van der Waals surface area contributed by atoms with Gasteiger partial charge < -0.3 is 15.0 Å². The lowest BCUT2D eigenvalue weighted by Gasteiger charge is -2.35. The van der Waals surface area contributed by atoms with E-state index in [-0.39, 0.29) is 23.7 Å². The molecular formula is C21H30N2O3. The fraction of sp³-hybridized carbons (Fsp3) is 0.619. The average molecular weight is 358 g/mol. The summed E-state index contributed by atoms with van der Waals surface area (Å²) in [6.07, 6.45) is 5.45. The van der Waals surface area contributed by atoms with Crippen molar-refractivity contribution >= 4 is 11.8 Å². The summed E-state index contributed by atoms with van der Waals surface area (Å²) in [7, 11) is 1.67. The first-order valence-electron chi connectivity index (χ1n) is 9.84. The lowest BCUT2D eigenvalue weighted by atomic mass is 9.81. The number of benzene rings is 1. The van der Waals surface area contributed by atoms with Crippen LogP contribution in [0.15, 0.2) is 24.3 Å². The van der Waals surface area contributed by atoms with Crippen LogP contribution in [-0.4, -0.2) is 50.1 Å². The van der Waals surface area contributed by atoms with Crippen molar-refractivity contribution in [1.29, 1.82) is 0 Å². The van der Waals surface area contributed by atoms with Crippen molar-refractivity contribution in [3.8, 4) is 0 Å². The van der Waals surface area contributed by atoms with Crippen molar-refractivity contribution < 1.29 is 14.3 Å². The quantitative estimate of drug-likeness (QED) is 0.795. The molecule has 1 unspecified atom stereocenters. The molecule has 1 heterocycles. The van der Waals surface area contributed by atoms with E-state index in [1.807, 2.05) is 11.0 Å². The second-order valence-corrected chi connectivity index (χ2v) is 7.38. The average Bonchev–Trinajstić information content (AvgIpc) is 2.70. The van der Waals surface area contributed by atoms with E-state index in [0.717, 1.165) is 38.5 Å². The van der Waals surface area contributed by atoms with Crippen LogP contribution in [-0.2, 0) is 20.7 Å². The first kappa shape index (κ1) is 18.9. The Morgan fingerprint density at radius 3 is 2.73 bits per heavy atom. The largest absolute Gasteiger partial charge is 0.385 e. The first-order valence-corrected chi connectivity index (χ1v) is 9.84. The normalized spacial score (nSPS) is 20.5. The topological polar surface area (TPSA) is 58.6 Å². The molecule has 1 fully saturated rings. The van der Waals surface area contributed by atoms with E-state index in [2.05, 4.69) is 23.5 Å². The zero-order chi connectivity index (χ0) is 18.4. The smallest absolute Gasteiger partial charge is 0.230 e. The van der Waals surface area contributed by atoms with E-state index in [4.69, 9.17) is 4.74 Å². The Bertz CT molecular complexity index is 623. The molecule has 1 saturated heterocycles. The highest BCUT2D eigenvalue weighted by Crippen LogP contribution is 2.33. The zero-order valence-electron chi connectivity index (χ0n) is 15.7. The van der Waals surface area contributed by atoms with Crippen LogP contribution in [0.4, 0.5) is 0 Å². The molecular weight excluding hydrogens is 328 g/mol. The van der Waals surface area contributed by atoms with Crippen LogP contribution in [0, 0.1) is 5.92 Å². The van der Waals surface area contributed by atoms with Gasteiger partial charge in [-0.3, -0.25) is 9.59 Å². The highest BCUT2D eigenvalue weighted by atomic mass is 16.5. The molecule has 0 bridgehead atoms. The highest BCUT2D eigenvalue weighted by molar-refractivity contribution is 5.85. The van der Waals surface area contributed by atoms with Gasteiger partial charge in [0, 0.05) is 39.3 Å². The molecule has 0 aromatic heterocycles. The number of ether oxygens (including phenoxy) is 1. The van der Waals surface area contributed by atoms with E-state index in [1.54, 1.807) is 7.11 Å². The molecule has 2 amide bonds. The predicted molar refractivity (Wildman–Crippen MR) is 101 cm³/mol. The van der Waals surface area contributed by atoms with Crippen LogP contribution in [0.3, 0.4) is 0 Å². The van der Waals surface area contributed by atoms with Gasteiger partial charge in [0.05, 0.1) is 5.92 Å². The number of likely N-dealkylation sites (tertiary alicyclic amines) is 1. The summed E-state index contributed by atoms with van der Waals surface area (Å²) < 4.78 is 5.00. The van der Waals surface area contributed by atoms with Gasteiger partial charge in [-0.25, -0.2) is 0 Å². The maximum absolute atomic E-state index is 13.0. The van der Waals surface area contributed by atoms with Gasteiger partial charge in [-0.05, 0) is 49.7 Å². The molecule has 2 aliphatic rings. The second kappa shape index (κ2) is 9.17. The maximum Gasteiger partial charge on any atom is 0.230 e. The maximum atomic E-state index is 13.0. The van der Waals surface area contributed by atoms with Gasteiger partial charge in [-0.15, -0.1) is 0 Å². The number of fused-ring (bicyclic) bond motifs is 1. The van der Waals surface area contributed by atoms with Crippen molar-refractivity contribution in [2.75, 3.05) is 33.4 Å². The summed E-state index contributed by atoms with van der Waals surface area (Å²) in [5.41, 5.74) is 2.53. The number of carbonyl (C=O) groups excluding carboxylic acids is 2. The van der Waals surface area contributed by atoms with E-state index in [0.29, 0.717) is 26.2 Å². The summed E-state index contributed by atoms with van der Waals surface area (Å²) in [6, 6.07) is 8.35. The zero-order valence-corrected chi connectivity index (χ0v) is 15.7. The molecule has 26 heavy (non-hydrogen) atoms. The van der Waals surface area contributed by atoms with Crippen LogP contribution >= 0.6 is 0 Å². The van der Waals surface area contributed by atoms with Crippen molar-refractivity contribution in [1.82, 2.24) is 10.2 Å². The number of carbonyl (C=O) groups is 2. The molecule has 5 heteroatoms. The van der Waals surface area contributed by atoms with Gasteiger partial charge in [0.1, 0.15) is 0 Å². The van der Waals surface area contributed by atoms with Crippen LogP contribution < -0.4 is 5.32 Å². The number of hydrogen-bond donors (Lipinski definition) is 1. The van der Waals surface area contributed by atoms with Crippen LogP contribution in [0.1, 0.15) is 49.1 Å². The number of nitrogens with zero attached hydrogens (tertiary/aromatic N) is 1. The summed E-state index contributed by atoms with van der Waals surface area (Å²) in [5, 5.41) is 2.99. The molecule has 1 aliphatic carbocycles. The molecule has 1 atom stereocenters. The molecule has 142 valence electrons. The van der Waals surface area contributed by atoms with Crippen molar-refractivity contribution in [3.05, 3.63) is 35.4 Å². The number of methoxy groups -OCH3 is 1. The monoisotopic (exact) mass is 358 g/mol. The highest BCUT2D eigenvalue weighted by Gasteiger charge is 2.33. The Kier molecular flexibility index (Phi) is 6.67. The predicted octanol–water partition coefficient (Wildman–Crippen LogP) is 2.50. The van der Waals surface area contributed by atoms with Crippen LogP contribution in [0.5, 0.6) is 0 Å². The molecule has 1 aromatic carbocycles. The fourth-order valence-electron chi connectivity index (χ4n) is 4.17. The molecule has 0 saturated carbocycles. The third kappa shape index (κ3) is 4.44. The SMILES string of the molecule is COCCCNC(=O)C1CCN(C(=O)C2CCCc3ccccc32)CC1. The van der Waals surface area contributed by atoms with Crippen molar-refractivity contribution in [2.45, 2.75) is 44.4 Å². The summed E-state index contributed by atoms with van der Waals surface area (Å²) in [4.78, 5) is 27.3. The minimum absolute atomic E-state index is 0.000583. The molecule has 0 spiro atoms. The number of nitrogens with one attached hydrogen (secondary N) is 1. The molecule has 1 aliphatic heterocycles. The summed E-state index contributed by atoms with van der Waals surface area (Å²) >= 11 is 0. The molecule has 0 radical (unpaired) electrons. The van der Waals surface area contributed by atoms with E-state index in [1.165, 1.54) is 11.1 Å². The van der Waals surface area contributed by atoms with E-state index in [9.17, 15) is 9.59 Å². The number of aryl methyl sites for hydroxylation is 1. The third-order valence-corrected chi connectivity index (χ3v) is 5.67. The fourth-order valence-corrected chi connectivity index (χ4v) is 4.17. The Labute approximate surface area is 156 Å². The lowest BCUT2D eigenvalue weighted by Crippen LogP contribution is -2.45. The number of amides is 2. The number of rotatable bonds is 6. The summed E-state index contributed by atoms with van der Waals surface area (Å²) in [5.74, 6) is 0.395. The second-order valence-electron chi connectivity index (χ2n) is 7.38. The minimum atomic E-state index is -0.000583. The lowest BCUT2D eigenvalue weighted by molar-refractivity contribution is -0.137. The molecule has 1 aromatic rings. The third-order valence-electron chi connectivity index (χ3n) is 5.67. The first-order chi connectivity index (χ1) is 12.7. The summed E-state index contributed by atoms with van der Waals surface area (Å²) in [6.45, 7) is 2.70. The van der Waals surface area contributed by atoms with Gasteiger partial charge in [0.25, 0.3) is 0 Å². The minimum Gasteiger partial charge on any atom is -0.385 e. The van der Waals surface area contributed by atoms with Crippen molar-refractivity contribution in [3.63, 3.8) is 0 Å². The van der Waals surface area contributed by atoms with Gasteiger partial charge >= 0.3 is 0 Å².